The van der Waals surface area contributed by atoms with Crippen molar-refractivity contribution in [2.75, 3.05) is 0 Å². The molecule has 36 heavy (non-hydrogen) atoms. The SMILES string of the molecule is C[C@@H]([C@H]1CC[C@H]2[C@@H]3[C@@H]4O[C@@H]4[C@@H]4OC(=O)CC[C@]4(C)[C@]3(O)C=C[C@]12C)[C@H]1C[C@]2(C)OC(C)(O1)OC2(C)C. The van der Waals surface area contributed by atoms with E-state index in [1.807, 2.05) is 6.92 Å². The molecule has 7 heteroatoms. The molecule has 0 aromatic rings. The minimum atomic E-state index is -1.04. The summed E-state index contributed by atoms with van der Waals surface area (Å²) in [7, 11) is 0. The van der Waals surface area contributed by atoms with E-state index >= 15 is 0 Å². The topological polar surface area (TPSA) is 86.8 Å². The van der Waals surface area contributed by atoms with Crippen LogP contribution in [0.25, 0.3) is 0 Å². The molecule has 13 atom stereocenters. The molecule has 6 fully saturated rings. The highest BCUT2D eigenvalue weighted by Crippen LogP contribution is 2.70. The summed E-state index contributed by atoms with van der Waals surface area (Å²) in [5, 5.41) is 12.4. The molecule has 2 saturated carbocycles. The van der Waals surface area contributed by atoms with Gasteiger partial charge in [0, 0.05) is 31.1 Å². The Bertz CT molecular complexity index is 1040. The molecule has 0 aromatic carbocycles. The zero-order chi connectivity index (χ0) is 25.7. The number of esters is 1. The fourth-order valence-corrected chi connectivity index (χ4v) is 9.75. The van der Waals surface area contributed by atoms with Crippen LogP contribution in [0.15, 0.2) is 12.2 Å². The fraction of sp³-hybridized carbons (Fsp3) is 0.897. The van der Waals surface area contributed by atoms with Crippen molar-refractivity contribution in [1.29, 1.82) is 0 Å². The molecule has 4 saturated heterocycles. The van der Waals surface area contributed by atoms with Crippen molar-refractivity contribution in [3.05, 3.63) is 12.2 Å². The molecular formula is C29H42O7. The summed E-state index contributed by atoms with van der Waals surface area (Å²) >= 11 is 0. The van der Waals surface area contributed by atoms with Crippen LogP contribution in [-0.4, -0.2) is 58.3 Å². The Kier molecular flexibility index (Phi) is 4.53. The number of fused-ring (bicyclic) bond motifs is 10. The number of allylic oxidation sites excluding steroid dienone is 1. The molecule has 4 aliphatic heterocycles. The van der Waals surface area contributed by atoms with Gasteiger partial charge in [-0.05, 0) is 63.2 Å². The van der Waals surface area contributed by atoms with Gasteiger partial charge in [-0.25, -0.2) is 0 Å². The van der Waals surface area contributed by atoms with Crippen molar-refractivity contribution >= 4 is 5.97 Å². The van der Waals surface area contributed by atoms with Crippen LogP contribution in [0, 0.1) is 34.5 Å². The Labute approximate surface area is 214 Å². The maximum absolute atomic E-state index is 12.4. The monoisotopic (exact) mass is 502 g/mol. The summed E-state index contributed by atoms with van der Waals surface area (Å²) in [4.78, 5) is 12.1. The van der Waals surface area contributed by atoms with Gasteiger partial charge in [0.1, 0.15) is 17.8 Å². The Hall–Kier alpha value is -0.990. The standard InChI is InChI=1S/C29H42O7/c1-15(18-14-27(6)24(2,3)35-28(7,34-18)36-27)16-8-9-17-20-21-22(33-21)23-26(5,11-10-19(30)32-23)29(20,31)13-12-25(16,17)4/h12-13,15-18,20-23,31H,8-11,14H2,1-7H3/t15-,16+,17-,18+,20+,21-,22-,23-,25+,26-,27-,28?,29-/m0/s1. The lowest BCUT2D eigenvalue weighted by Crippen LogP contribution is -2.68. The molecule has 0 aromatic heterocycles. The van der Waals surface area contributed by atoms with E-state index in [2.05, 4.69) is 53.7 Å². The van der Waals surface area contributed by atoms with Crippen LogP contribution in [0.2, 0.25) is 0 Å². The van der Waals surface area contributed by atoms with Gasteiger partial charge in [-0.1, -0.05) is 32.9 Å². The zero-order valence-electron chi connectivity index (χ0n) is 22.7. The maximum atomic E-state index is 12.4. The quantitative estimate of drug-likeness (QED) is 0.345. The van der Waals surface area contributed by atoms with Gasteiger partial charge in [-0.2, -0.15) is 0 Å². The van der Waals surface area contributed by atoms with E-state index in [1.54, 1.807) is 0 Å². The zero-order valence-corrected chi connectivity index (χ0v) is 22.7. The van der Waals surface area contributed by atoms with Crippen molar-refractivity contribution in [1.82, 2.24) is 0 Å². The second kappa shape index (κ2) is 6.77. The predicted molar refractivity (Wildman–Crippen MR) is 129 cm³/mol. The molecule has 7 aliphatic rings. The first-order valence-corrected chi connectivity index (χ1v) is 14.0. The molecule has 7 rings (SSSR count). The van der Waals surface area contributed by atoms with Crippen LogP contribution in [0.1, 0.15) is 80.6 Å². The van der Waals surface area contributed by atoms with Crippen molar-refractivity contribution in [2.45, 2.75) is 128 Å². The molecule has 0 radical (unpaired) electrons. The third kappa shape index (κ3) is 2.74. The van der Waals surface area contributed by atoms with Crippen LogP contribution in [0.5, 0.6) is 0 Å². The van der Waals surface area contributed by atoms with E-state index in [0.717, 1.165) is 19.3 Å². The van der Waals surface area contributed by atoms with E-state index in [0.29, 0.717) is 30.6 Å². The van der Waals surface area contributed by atoms with Gasteiger partial charge >= 0.3 is 5.97 Å². The number of hydrogen-bond donors (Lipinski definition) is 1. The highest BCUT2D eigenvalue weighted by atomic mass is 16.9. The lowest BCUT2D eigenvalue weighted by molar-refractivity contribution is -0.385. The first kappa shape index (κ1) is 24.1. The minimum absolute atomic E-state index is 0.0110. The number of aliphatic hydroxyl groups is 1. The van der Waals surface area contributed by atoms with Gasteiger partial charge in [0.25, 0.3) is 5.97 Å². The number of epoxide rings is 1. The Morgan fingerprint density at radius 2 is 1.78 bits per heavy atom. The lowest BCUT2D eigenvalue weighted by atomic mass is 9.47. The minimum Gasteiger partial charge on any atom is -0.459 e. The van der Waals surface area contributed by atoms with Crippen LogP contribution in [0.4, 0.5) is 0 Å². The highest BCUT2D eigenvalue weighted by Gasteiger charge is 2.77. The van der Waals surface area contributed by atoms with Crippen molar-refractivity contribution in [3.63, 3.8) is 0 Å². The first-order valence-electron chi connectivity index (χ1n) is 14.0. The predicted octanol–water partition coefficient (Wildman–Crippen LogP) is 4.11. The smallest absolute Gasteiger partial charge is 0.306 e. The molecule has 200 valence electrons. The summed E-state index contributed by atoms with van der Waals surface area (Å²) < 4.78 is 31.1. The summed E-state index contributed by atoms with van der Waals surface area (Å²) in [6.45, 7) is 15.1. The molecule has 7 nitrogen and oxygen atoms in total. The average Bonchev–Trinajstić information content (AvgIpc) is 3.45. The second-order valence-electron chi connectivity index (χ2n) is 14.3. The molecule has 1 unspecified atom stereocenters. The van der Waals surface area contributed by atoms with Gasteiger partial charge in [-0.3, -0.25) is 4.79 Å². The van der Waals surface area contributed by atoms with Crippen LogP contribution in [0.3, 0.4) is 0 Å². The second-order valence-corrected chi connectivity index (χ2v) is 14.3. The molecule has 3 aliphatic carbocycles. The van der Waals surface area contributed by atoms with E-state index in [9.17, 15) is 9.90 Å². The molecule has 1 N–H and O–H groups in total. The first-order chi connectivity index (χ1) is 16.7. The number of rotatable bonds is 2. The van der Waals surface area contributed by atoms with E-state index in [-0.39, 0.29) is 41.7 Å². The number of hydrogen-bond acceptors (Lipinski definition) is 7. The van der Waals surface area contributed by atoms with Crippen LogP contribution in [-0.2, 0) is 28.5 Å². The van der Waals surface area contributed by atoms with Gasteiger partial charge in [0.05, 0.1) is 23.4 Å². The van der Waals surface area contributed by atoms with E-state index in [4.69, 9.17) is 23.7 Å². The summed E-state index contributed by atoms with van der Waals surface area (Å²) in [6.07, 6.45) is 7.82. The summed E-state index contributed by atoms with van der Waals surface area (Å²) in [6, 6.07) is 0. The van der Waals surface area contributed by atoms with Gasteiger partial charge in [-0.15, -0.1) is 0 Å². The third-order valence-corrected chi connectivity index (χ3v) is 12.2. The average molecular weight is 503 g/mol. The van der Waals surface area contributed by atoms with Crippen LogP contribution < -0.4 is 0 Å². The van der Waals surface area contributed by atoms with Gasteiger partial charge in [0.2, 0.25) is 0 Å². The Morgan fingerprint density at radius 3 is 2.50 bits per heavy atom. The number of carbonyl (C=O) groups is 1. The summed E-state index contributed by atoms with van der Waals surface area (Å²) in [5.41, 5.74) is -2.46. The molecule has 4 heterocycles. The number of ether oxygens (including phenoxy) is 5. The summed E-state index contributed by atoms with van der Waals surface area (Å²) in [5.74, 6) is -0.162. The third-order valence-electron chi connectivity index (χ3n) is 12.2. The van der Waals surface area contributed by atoms with Crippen molar-refractivity contribution < 1.29 is 33.6 Å². The molecule has 0 amide bonds. The van der Waals surface area contributed by atoms with Crippen molar-refractivity contribution in [3.8, 4) is 0 Å². The Morgan fingerprint density at radius 1 is 1.03 bits per heavy atom. The largest absolute Gasteiger partial charge is 0.459 e. The van der Waals surface area contributed by atoms with Crippen LogP contribution >= 0.6 is 0 Å². The van der Waals surface area contributed by atoms with E-state index in [1.165, 1.54) is 0 Å². The van der Waals surface area contributed by atoms with Gasteiger partial charge < -0.3 is 28.8 Å². The van der Waals surface area contributed by atoms with E-state index < -0.39 is 28.2 Å². The highest BCUT2D eigenvalue weighted by molar-refractivity contribution is 5.71. The number of carbonyl (C=O) groups excluding carboxylic acids is 1. The molecule has 0 spiro atoms. The normalized spacial score (nSPS) is 60.9. The molecular weight excluding hydrogens is 460 g/mol. The maximum Gasteiger partial charge on any atom is 0.306 e. The van der Waals surface area contributed by atoms with Gasteiger partial charge in [0.15, 0.2) is 0 Å². The Balaban J connectivity index is 1.21. The fourth-order valence-electron chi connectivity index (χ4n) is 9.75. The lowest BCUT2D eigenvalue weighted by Gasteiger charge is -2.60. The van der Waals surface area contributed by atoms with Crippen molar-refractivity contribution in [2.24, 2.45) is 34.5 Å². The molecule has 2 bridgehead atoms.